The zero-order valence-corrected chi connectivity index (χ0v) is 26.1. The normalized spacial score (nSPS) is 27.6. The lowest BCUT2D eigenvalue weighted by atomic mass is 9.58. The molecule has 5 nitrogen and oxygen atoms in total. The minimum absolute atomic E-state index is 0.0269. The van der Waals surface area contributed by atoms with Crippen LogP contribution in [0.1, 0.15) is 79.1 Å². The van der Waals surface area contributed by atoms with Crippen molar-refractivity contribution < 1.29 is 17.9 Å². The van der Waals surface area contributed by atoms with Crippen LogP contribution < -0.4 is 0 Å². The van der Waals surface area contributed by atoms with Crippen LogP contribution in [0.4, 0.5) is 0 Å². The van der Waals surface area contributed by atoms with E-state index in [1.54, 1.807) is 7.11 Å². The van der Waals surface area contributed by atoms with Crippen molar-refractivity contribution in [2.24, 2.45) is 29.1 Å². The summed E-state index contributed by atoms with van der Waals surface area (Å²) in [5.41, 5.74) is 2.15. The Bertz CT molecular complexity index is 1230. The summed E-state index contributed by atoms with van der Waals surface area (Å²) in [5.74, 6) is 2.13. The largest absolute Gasteiger partial charge is 0.359 e. The number of rotatable bonds is 13. The van der Waals surface area contributed by atoms with Crippen LogP contribution in [-0.4, -0.2) is 38.7 Å². The van der Waals surface area contributed by atoms with Gasteiger partial charge in [0.2, 0.25) is 14.2 Å². The molecule has 2 aromatic rings. The second kappa shape index (κ2) is 12.5. The molecule has 5 atom stereocenters. The molecule has 39 heavy (non-hydrogen) atoms. The summed E-state index contributed by atoms with van der Waals surface area (Å²) >= 11 is 1.28. The van der Waals surface area contributed by atoms with E-state index in [9.17, 15) is 8.42 Å². The fraction of sp³-hybridized carbons (Fsp3) is 0.656. The number of methoxy groups -OCH3 is 1. The SMILES string of the molecule is C=CC[C@@H]1CC[C@]2(C)[C@@H]([C@H](C)CCCC(C)(C)OCOC)CC[C@H]2/C1=C/CS(=O)(=O)c1nc2ccccc2s1. The van der Waals surface area contributed by atoms with Gasteiger partial charge >= 0.3 is 0 Å². The van der Waals surface area contributed by atoms with Crippen LogP contribution in [0.25, 0.3) is 10.2 Å². The Labute approximate surface area is 240 Å². The van der Waals surface area contributed by atoms with E-state index in [0.29, 0.717) is 30.5 Å². The molecule has 2 fully saturated rings. The Morgan fingerprint density at radius 1 is 1.26 bits per heavy atom. The Morgan fingerprint density at radius 2 is 2.03 bits per heavy atom. The fourth-order valence-corrected chi connectivity index (χ4v) is 9.88. The molecule has 2 aliphatic rings. The van der Waals surface area contributed by atoms with Crippen molar-refractivity contribution in [3.63, 3.8) is 0 Å². The summed E-state index contributed by atoms with van der Waals surface area (Å²) in [5, 5.41) is 0. The summed E-state index contributed by atoms with van der Waals surface area (Å²) in [6, 6.07) is 7.64. The number of benzene rings is 1. The van der Waals surface area contributed by atoms with Gasteiger partial charge in [-0.1, -0.05) is 56.5 Å². The Morgan fingerprint density at radius 3 is 2.74 bits per heavy atom. The molecule has 0 spiro atoms. The van der Waals surface area contributed by atoms with Crippen LogP contribution >= 0.6 is 11.3 Å². The molecule has 1 aromatic heterocycles. The molecule has 0 unspecified atom stereocenters. The number of allylic oxidation sites excluding steroid dienone is 2. The first-order chi connectivity index (χ1) is 18.5. The molecule has 1 aromatic carbocycles. The first-order valence-corrected chi connectivity index (χ1v) is 17.0. The van der Waals surface area contributed by atoms with E-state index < -0.39 is 9.84 Å². The Balaban J connectivity index is 1.49. The molecule has 0 saturated heterocycles. The molecule has 1 heterocycles. The lowest BCUT2D eigenvalue weighted by Gasteiger charge is -2.47. The fourth-order valence-electron chi connectivity index (χ4n) is 7.41. The monoisotopic (exact) mass is 573 g/mol. The molecule has 2 saturated carbocycles. The van der Waals surface area contributed by atoms with Gasteiger partial charge in [0.25, 0.3) is 0 Å². The van der Waals surface area contributed by atoms with Crippen LogP contribution in [0, 0.1) is 29.1 Å². The maximum absolute atomic E-state index is 13.4. The van der Waals surface area contributed by atoms with Crippen LogP contribution in [0.5, 0.6) is 0 Å². The predicted molar refractivity (Wildman–Crippen MR) is 162 cm³/mol. The lowest BCUT2D eigenvalue weighted by molar-refractivity contribution is -0.118. The molecule has 7 heteroatoms. The summed E-state index contributed by atoms with van der Waals surface area (Å²) in [7, 11) is -1.82. The number of sulfone groups is 1. The summed E-state index contributed by atoms with van der Waals surface area (Å²) < 4.78 is 38.9. The van der Waals surface area contributed by atoms with Crippen molar-refractivity contribution in [1.82, 2.24) is 4.98 Å². The number of aromatic nitrogens is 1. The minimum atomic E-state index is -3.49. The number of para-hydroxylation sites is 1. The summed E-state index contributed by atoms with van der Waals surface area (Å²) in [4.78, 5) is 4.45. The van der Waals surface area contributed by atoms with E-state index in [1.807, 2.05) is 30.3 Å². The van der Waals surface area contributed by atoms with Gasteiger partial charge in [-0.05, 0) is 93.6 Å². The standard InChI is InChI=1S/C32H47NO4S2/c1-7-11-24-17-20-32(5)26(23(2)12-10-19-31(3,4)37-22-36-6)15-16-27(32)25(24)18-21-39(34,35)30-33-28-13-8-9-14-29(28)38-30/h7-9,13-14,18,23-24,26-27H,1,10-12,15-17,19-22H2,2-6H3/b25-18+/t23-,24-,26-,27+,32-/m1/s1. The molecule has 0 radical (unpaired) electrons. The number of nitrogens with zero attached hydrogens (tertiary/aromatic N) is 1. The number of ether oxygens (including phenoxy) is 2. The van der Waals surface area contributed by atoms with Gasteiger partial charge in [0.05, 0.1) is 21.6 Å². The zero-order chi connectivity index (χ0) is 28.3. The van der Waals surface area contributed by atoms with Crippen molar-refractivity contribution in [2.75, 3.05) is 19.7 Å². The third kappa shape index (κ3) is 6.86. The predicted octanol–water partition coefficient (Wildman–Crippen LogP) is 8.22. The van der Waals surface area contributed by atoms with Crippen molar-refractivity contribution >= 4 is 31.4 Å². The van der Waals surface area contributed by atoms with Gasteiger partial charge < -0.3 is 9.47 Å². The lowest BCUT2D eigenvalue weighted by Crippen LogP contribution is -2.39. The van der Waals surface area contributed by atoms with Gasteiger partial charge in [-0.25, -0.2) is 13.4 Å². The smallest absolute Gasteiger partial charge is 0.210 e. The molecule has 0 N–H and O–H groups in total. The first kappa shape index (κ1) is 30.4. The van der Waals surface area contributed by atoms with E-state index in [1.165, 1.54) is 36.2 Å². The third-order valence-corrected chi connectivity index (χ3v) is 12.6. The van der Waals surface area contributed by atoms with E-state index in [2.05, 4.69) is 45.3 Å². The molecule has 0 bridgehead atoms. The number of thiazole rings is 1. The van der Waals surface area contributed by atoms with Crippen LogP contribution in [-0.2, 0) is 19.3 Å². The second-order valence-electron chi connectivity index (χ2n) is 12.6. The maximum Gasteiger partial charge on any atom is 0.210 e. The number of fused-ring (bicyclic) bond motifs is 2. The average molecular weight is 574 g/mol. The molecular weight excluding hydrogens is 526 g/mol. The van der Waals surface area contributed by atoms with E-state index >= 15 is 0 Å². The third-order valence-electron chi connectivity index (χ3n) is 9.54. The molecule has 0 amide bonds. The van der Waals surface area contributed by atoms with Gasteiger partial charge in [-0.3, -0.25) is 0 Å². The Hall–Kier alpha value is -1.54. The van der Waals surface area contributed by atoms with Gasteiger partial charge in [0.1, 0.15) is 6.79 Å². The van der Waals surface area contributed by atoms with Crippen LogP contribution in [0.15, 0.2) is 52.9 Å². The van der Waals surface area contributed by atoms with Gasteiger partial charge in [0, 0.05) is 7.11 Å². The highest BCUT2D eigenvalue weighted by molar-refractivity contribution is 7.93. The number of hydrogen-bond donors (Lipinski definition) is 0. The molecule has 216 valence electrons. The molecule has 4 rings (SSSR count). The first-order valence-electron chi connectivity index (χ1n) is 14.5. The van der Waals surface area contributed by atoms with Crippen molar-refractivity contribution in [2.45, 2.75) is 89.0 Å². The van der Waals surface area contributed by atoms with Crippen LogP contribution in [0.3, 0.4) is 0 Å². The highest BCUT2D eigenvalue weighted by Gasteiger charge is 2.52. The quantitative estimate of drug-likeness (QED) is 0.178. The van der Waals surface area contributed by atoms with Crippen molar-refractivity contribution in [3.8, 4) is 0 Å². The van der Waals surface area contributed by atoms with E-state index in [0.717, 1.165) is 42.3 Å². The molecule has 2 aliphatic carbocycles. The van der Waals surface area contributed by atoms with E-state index in [-0.39, 0.29) is 21.1 Å². The topological polar surface area (TPSA) is 65.5 Å². The second-order valence-corrected chi connectivity index (χ2v) is 15.9. The molecule has 0 aliphatic heterocycles. The summed E-state index contributed by atoms with van der Waals surface area (Å²) in [6.07, 6.45) is 13.0. The number of hydrogen-bond acceptors (Lipinski definition) is 6. The summed E-state index contributed by atoms with van der Waals surface area (Å²) in [6.45, 7) is 13.5. The van der Waals surface area contributed by atoms with Gasteiger partial charge in [-0.15, -0.1) is 17.9 Å². The van der Waals surface area contributed by atoms with Crippen molar-refractivity contribution in [3.05, 3.63) is 48.6 Å². The van der Waals surface area contributed by atoms with Gasteiger partial charge in [-0.2, -0.15) is 0 Å². The Kier molecular flexibility index (Phi) is 9.78. The maximum atomic E-state index is 13.4. The van der Waals surface area contributed by atoms with Crippen LogP contribution in [0.2, 0.25) is 0 Å². The minimum Gasteiger partial charge on any atom is -0.359 e. The van der Waals surface area contributed by atoms with Gasteiger partial charge in [0.15, 0.2) is 0 Å². The highest BCUT2D eigenvalue weighted by Crippen LogP contribution is 2.61. The van der Waals surface area contributed by atoms with Crippen molar-refractivity contribution in [1.29, 1.82) is 0 Å². The van der Waals surface area contributed by atoms with E-state index in [4.69, 9.17) is 9.47 Å². The highest BCUT2D eigenvalue weighted by atomic mass is 32.2. The zero-order valence-electron chi connectivity index (χ0n) is 24.4. The molecular formula is C32H47NO4S2. The average Bonchev–Trinajstić information content (AvgIpc) is 3.49.